The van der Waals surface area contributed by atoms with Crippen molar-refractivity contribution >= 4 is 30.4 Å². The van der Waals surface area contributed by atoms with E-state index in [0.717, 1.165) is 0 Å². The fourth-order valence-electron chi connectivity index (χ4n) is 3.88. The van der Waals surface area contributed by atoms with E-state index in [1.54, 1.807) is 27.7 Å². The van der Waals surface area contributed by atoms with Gasteiger partial charge in [0.05, 0.1) is 24.6 Å². The van der Waals surface area contributed by atoms with Gasteiger partial charge < -0.3 is 29.5 Å². The largest absolute Gasteiger partial charge is 0.385 e. The van der Waals surface area contributed by atoms with Crippen molar-refractivity contribution in [1.82, 2.24) is 19.5 Å². The number of aliphatic hydroxyl groups is 3. The van der Waals surface area contributed by atoms with Crippen molar-refractivity contribution in [3.8, 4) is 0 Å². The quantitative estimate of drug-likeness (QED) is 0.301. The first-order valence-corrected chi connectivity index (χ1v) is 12.4. The van der Waals surface area contributed by atoms with E-state index in [4.69, 9.17) is 20.9 Å². The molecule has 180 valence electrons. The van der Waals surface area contributed by atoms with Crippen LogP contribution in [-0.4, -0.2) is 69.5 Å². The summed E-state index contributed by atoms with van der Waals surface area (Å²) in [4.78, 5) is 22.6. The number of fused-ring (bicyclic) bond motifs is 1. The van der Waals surface area contributed by atoms with E-state index in [0.29, 0.717) is 6.42 Å². The molecule has 0 bridgehead atoms. The van der Waals surface area contributed by atoms with Gasteiger partial charge in [0, 0.05) is 6.42 Å². The van der Waals surface area contributed by atoms with Gasteiger partial charge in [0.15, 0.2) is 21.9 Å². The molecule has 0 aliphatic carbocycles. The lowest BCUT2D eigenvalue weighted by Crippen LogP contribution is -2.48. The lowest BCUT2D eigenvalue weighted by atomic mass is 9.91. The molecule has 4 N–H and O–H groups in total. The maximum absolute atomic E-state index is 12.9. The highest BCUT2D eigenvalue weighted by Gasteiger charge is 2.54. The Balaban J connectivity index is 1.85. The first kappa shape index (κ1) is 25.5. The fourth-order valence-corrected chi connectivity index (χ4v) is 5.83. The molecule has 3 heterocycles. The van der Waals surface area contributed by atoms with E-state index in [2.05, 4.69) is 15.0 Å². The molecule has 1 fully saturated rings. The summed E-state index contributed by atoms with van der Waals surface area (Å²) in [6.45, 7) is 6.29. The molecule has 2 aromatic rings. The predicted octanol–water partition coefficient (Wildman–Crippen LogP) is 2.15. The van der Waals surface area contributed by atoms with Gasteiger partial charge in [-0.15, -0.1) is 0 Å². The molecule has 0 radical (unpaired) electrons. The second-order valence-electron chi connectivity index (χ2n) is 8.43. The van der Waals surface area contributed by atoms with Gasteiger partial charge in [-0.1, -0.05) is 32.4 Å². The van der Waals surface area contributed by atoms with Gasteiger partial charge in [0.2, 0.25) is 0 Å². The number of hydrogen-bond acceptors (Lipinski definition) is 9. The Kier molecular flexibility index (Phi) is 7.07. The van der Waals surface area contributed by atoms with Gasteiger partial charge in [-0.05, 0) is 26.2 Å². The first-order chi connectivity index (χ1) is 14.9. The van der Waals surface area contributed by atoms with Crippen molar-refractivity contribution in [2.75, 3.05) is 6.61 Å². The molecule has 3 rings (SSSR count). The van der Waals surface area contributed by atoms with Gasteiger partial charge in [-0.3, -0.25) is 9.13 Å². The minimum absolute atomic E-state index is 0.0105. The summed E-state index contributed by atoms with van der Waals surface area (Å²) in [6.07, 6.45) is 0.505. The number of aromatic nitrogens is 4. The number of ether oxygens (including phenoxy) is 1. The molecule has 32 heavy (non-hydrogen) atoms. The van der Waals surface area contributed by atoms with Gasteiger partial charge in [0.1, 0.15) is 17.9 Å². The van der Waals surface area contributed by atoms with Crippen LogP contribution in [0.3, 0.4) is 0 Å². The second kappa shape index (κ2) is 8.88. The molecular weight excluding hydrogens is 463 g/mol. The van der Waals surface area contributed by atoms with Crippen LogP contribution in [-0.2, 0) is 19.6 Å². The number of nitrogens with zero attached hydrogens (tertiary/aromatic N) is 4. The number of halogens is 1. The Labute approximate surface area is 190 Å². The zero-order valence-corrected chi connectivity index (χ0v) is 20.1. The molecule has 1 aliphatic heterocycles. The van der Waals surface area contributed by atoms with Gasteiger partial charge in [-0.2, -0.15) is 0 Å². The van der Waals surface area contributed by atoms with Crippen LogP contribution in [0.2, 0.25) is 5.15 Å². The molecule has 0 amide bonds. The van der Waals surface area contributed by atoms with E-state index in [1.807, 2.05) is 0 Å². The highest BCUT2D eigenvalue weighted by molar-refractivity contribution is 7.54. The molecule has 1 aliphatic rings. The summed E-state index contributed by atoms with van der Waals surface area (Å²) in [5, 5.41) is 31.0. The first-order valence-electron chi connectivity index (χ1n) is 10.5. The zero-order chi connectivity index (χ0) is 23.9. The van der Waals surface area contributed by atoms with Crippen molar-refractivity contribution < 1.29 is 34.0 Å². The molecule has 0 spiro atoms. The average molecular weight is 493 g/mol. The summed E-state index contributed by atoms with van der Waals surface area (Å²) in [5.74, 6) is 0. The zero-order valence-electron chi connectivity index (χ0n) is 18.5. The van der Waals surface area contributed by atoms with Crippen molar-refractivity contribution in [2.45, 2.75) is 82.3 Å². The molecule has 11 nitrogen and oxygen atoms in total. The highest BCUT2D eigenvalue weighted by atomic mass is 35.5. The standard InChI is InChI=1S/C19H30ClN4O7P/c1-5-17(4,31-32(28,29)18(26,6-2)7-3)8-12-14(25)19(27,9-30-12)24-11-23-13-15(20)21-10-22-16(13)24/h10-12,14,25-27H,5-9H2,1-4H3,(H,28,29)/t12?,14-,17-,19?/m1/s1. The molecule has 0 aromatic carbocycles. The smallest absolute Gasteiger partial charge is 0.359 e. The van der Waals surface area contributed by atoms with Gasteiger partial charge >= 0.3 is 7.60 Å². The van der Waals surface area contributed by atoms with Crippen LogP contribution >= 0.6 is 19.2 Å². The van der Waals surface area contributed by atoms with Crippen LogP contribution in [0.1, 0.15) is 53.4 Å². The summed E-state index contributed by atoms with van der Waals surface area (Å²) in [7, 11) is -4.44. The topological polar surface area (TPSA) is 160 Å². The van der Waals surface area contributed by atoms with E-state index in [1.165, 1.54) is 17.2 Å². The minimum atomic E-state index is -4.44. The maximum atomic E-state index is 12.9. The summed E-state index contributed by atoms with van der Waals surface area (Å²) in [5.41, 5.74) is -2.63. The Morgan fingerprint density at radius 2 is 1.97 bits per heavy atom. The van der Waals surface area contributed by atoms with E-state index < -0.39 is 36.5 Å². The van der Waals surface area contributed by atoms with Crippen molar-refractivity contribution in [2.24, 2.45) is 0 Å². The van der Waals surface area contributed by atoms with Crippen molar-refractivity contribution in [1.29, 1.82) is 0 Å². The molecule has 2 aromatic heterocycles. The average Bonchev–Trinajstić information content (AvgIpc) is 3.31. The van der Waals surface area contributed by atoms with E-state index in [9.17, 15) is 24.8 Å². The molecule has 3 unspecified atom stereocenters. The Hall–Kier alpha value is -1.17. The third-order valence-corrected chi connectivity index (χ3v) is 9.07. The van der Waals surface area contributed by atoms with Crippen LogP contribution in [0.15, 0.2) is 12.7 Å². The summed E-state index contributed by atoms with van der Waals surface area (Å²) in [6, 6.07) is 0. The third kappa shape index (κ3) is 4.21. The monoisotopic (exact) mass is 492 g/mol. The molecule has 5 atom stereocenters. The number of aliphatic hydroxyl groups excluding tert-OH is 1. The summed E-state index contributed by atoms with van der Waals surface area (Å²) < 4.78 is 25.5. The lowest BCUT2D eigenvalue weighted by molar-refractivity contribution is -0.111. The fraction of sp³-hybridized carbons (Fsp3) is 0.737. The predicted molar refractivity (Wildman–Crippen MR) is 116 cm³/mol. The Morgan fingerprint density at radius 1 is 1.31 bits per heavy atom. The molecule has 13 heteroatoms. The molecule has 1 saturated heterocycles. The highest BCUT2D eigenvalue weighted by Crippen LogP contribution is 2.60. The van der Waals surface area contributed by atoms with Crippen LogP contribution < -0.4 is 0 Å². The van der Waals surface area contributed by atoms with Crippen molar-refractivity contribution in [3.05, 3.63) is 17.8 Å². The minimum Gasteiger partial charge on any atom is -0.385 e. The summed E-state index contributed by atoms with van der Waals surface area (Å²) >= 11 is 6.03. The van der Waals surface area contributed by atoms with E-state index >= 15 is 0 Å². The molecule has 0 saturated carbocycles. The van der Waals surface area contributed by atoms with Crippen LogP contribution in [0, 0.1) is 0 Å². The normalized spacial score (nSPS) is 28.0. The SMILES string of the molecule is CCC(O)(CC)P(=O)(O)O[C@](C)(CC)CC1OCC(O)(n2cnc3c(Cl)ncnc32)[C@@H]1O. The van der Waals surface area contributed by atoms with Gasteiger partial charge in [-0.25, -0.2) is 15.0 Å². The van der Waals surface area contributed by atoms with Crippen LogP contribution in [0.5, 0.6) is 0 Å². The third-order valence-electron chi connectivity index (χ3n) is 6.43. The Morgan fingerprint density at radius 3 is 2.56 bits per heavy atom. The number of imidazole rings is 1. The van der Waals surface area contributed by atoms with Gasteiger partial charge in [0.25, 0.3) is 0 Å². The lowest BCUT2D eigenvalue weighted by Gasteiger charge is -2.38. The second-order valence-corrected chi connectivity index (χ2v) is 10.8. The van der Waals surface area contributed by atoms with Crippen molar-refractivity contribution in [3.63, 3.8) is 0 Å². The van der Waals surface area contributed by atoms with Crippen LogP contribution in [0.25, 0.3) is 11.2 Å². The van der Waals surface area contributed by atoms with Crippen LogP contribution in [0.4, 0.5) is 0 Å². The molecular formula is C19H30ClN4O7P. The Bertz CT molecular complexity index is 1020. The number of hydrogen-bond donors (Lipinski definition) is 4. The van der Waals surface area contributed by atoms with E-state index in [-0.39, 0.29) is 42.2 Å². The number of rotatable bonds is 9. The maximum Gasteiger partial charge on any atom is 0.359 e.